The van der Waals surface area contributed by atoms with Crippen molar-refractivity contribution >= 4 is 17.3 Å². The Morgan fingerprint density at radius 2 is 2.29 bits per heavy atom. The molecule has 6 nitrogen and oxygen atoms in total. The minimum atomic E-state index is -0.0877. The summed E-state index contributed by atoms with van der Waals surface area (Å²) in [6.07, 6.45) is 3.11. The number of aryl methyl sites for hydroxylation is 2. The van der Waals surface area contributed by atoms with Gasteiger partial charge in [0, 0.05) is 6.54 Å². The molecule has 2 aromatic rings. The van der Waals surface area contributed by atoms with E-state index in [2.05, 4.69) is 19.9 Å². The summed E-state index contributed by atoms with van der Waals surface area (Å²) in [5, 5.41) is 11.6. The number of hydrogen-bond acceptors (Lipinski definition) is 6. The van der Waals surface area contributed by atoms with Crippen LogP contribution in [0.15, 0.2) is 6.20 Å². The van der Waals surface area contributed by atoms with Crippen LogP contribution in [0.3, 0.4) is 0 Å². The van der Waals surface area contributed by atoms with Crippen molar-refractivity contribution < 1.29 is 4.79 Å². The van der Waals surface area contributed by atoms with Gasteiger partial charge in [0.05, 0.1) is 11.9 Å². The van der Waals surface area contributed by atoms with Gasteiger partial charge in [0.2, 0.25) is 5.78 Å². The van der Waals surface area contributed by atoms with Crippen LogP contribution in [-0.4, -0.2) is 30.4 Å². The molecule has 2 rings (SSSR count). The first-order valence-corrected chi connectivity index (χ1v) is 6.29. The van der Waals surface area contributed by atoms with Gasteiger partial charge in [-0.2, -0.15) is 0 Å². The minimum Gasteiger partial charge on any atom is -0.286 e. The van der Waals surface area contributed by atoms with E-state index in [9.17, 15) is 4.79 Å². The molecule has 0 N–H and O–H groups in total. The fourth-order valence-electron chi connectivity index (χ4n) is 1.54. The van der Waals surface area contributed by atoms with Crippen LogP contribution in [-0.2, 0) is 13.0 Å². The Morgan fingerprint density at radius 3 is 3.00 bits per heavy atom. The van der Waals surface area contributed by atoms with Crippen LogP contribution in [0, 0.1) is 0 Å². The van der Waals surface area contributed by atoms with Crippen LogP contribution >= 0.6 is 11.5 Å². The van der Waals surface area contributed by atoms with Crippen molar-refractivity contribution in [3.05, 3.63) is 22.5 Å². The highest BCUT2D eigenvalue weighted by Crippen LogP contribution is 2.16. The Bertz CT molecular complexity index is 518. The number of rotatable bonds is 5. The second-order valence-electron chi connectivity index (χ2n) is 3.57. The number of ketones is 1. The van der Waals surface area contributed by atoms with E-state index in [1.165, 1.54) is 6.20 Å². The first-order valence-electron chi connectivity index (χ1n) is 5.52. The molecular weight excluding hydrogens is 238 g/mol. The molecule has 0 fully saturated rings. The van der Waals surface area contributed by atoms with Crippen LogP contribution < -0.4 is 0 Å². The van der Waals surface area contributed by atoms with Crippen LogP contribution in [0.4, 0.5) is 0 Å². The minimum absolute atomic E-state index is 0.0877. The highest BCUT2D eigenvalue weighted by molar-refractivity contribution is 7.08. The second kappa shape index (κ2) is 5.13. The van der Waals surface area contributed by atoms with Gasteiger partial charge in [0.15, 0.2) is 0 Å². The maximum absolute atomic E-state index is 12.3. The molecule has 0 spiro atoms. The van der Waals surface area contributed by atoms with Crippen molar-refractivity contribution in [2.45, 2.75) is 33.2 Å². The summed E-state index contributed by atoms with van der Waals surface area (Å²) in [5.41, 5.74) is 1.25. The summed E-state index contributed by atoms with van der Waals surface area (Å²) in [5.74, 6) is -0.0877. The molecular formula is C10H13N5OS. The quantitative estimate of drug-likeness (QED) is 0.749. The molecule has 0 aliphatic rings. The SMILES string of the molecule is CCCn1nncc1C(=O)c1snnc1CC. The van der Waals surface area contributed by atoms with Crippen LogP contribution in [0.25, 0.3) is 0 Å². The zero-order valence-corrected chi connectivity index (χ0v) is 10.6. The van der Waals surface area contributed by atoms with E-state index in [0.717, 1.165) is 23.6 Å². The van der Waals surface area contributed by atoms with Crippen LogP contribution in [0.5, 0.6) is 0 Å². The molecule has 0 aliphatic carbocycles. The van der Waals surface area contributed by atoms with Gasteiger partial charge in [-0.15, -0.1) is 10.2 Å². The average molecular weight is 251 g/mol. The summed E-state index contributed by atoms with van der Waals surface area (Å²) >= 11 is 1.13. The molecule has 0 atom stereocenters. The van der Waals surface area contributed by atoms with Gasteiger partial charge < -0.3 is 0 Å². The molecule has 0 amide bonds. The highest BCUT2D eigenvalue weighted by atomic mass is 32.1. The van der Waals surface area contributed by atoms with E-state index in [0.29, 0.717) is 23.5 Å². The monoisotopic (exact) mass is 251 g/mol. The van der Waals surface area contributed by atoms with E-state index in [1.807, 2.05) is 13.8 Å². The molecule has 7 heteroatoms. The Hall–Kier alpha value is -1.63. The van der Waals surface area contributed by atoms with Crippen molar-refractivity contribution in [3.8, 4) is 0 Å². The third kappa shape index (κ3) is 2.23. The number of carbonyl (C=O) groups excluding carboxylic acids is 1. The average Bonchev–Trinajstić information content (AvgIpc) is 2.96. The molecule has 0 aromatic carbocycles. The molecule has 90 valence electrons. The first-order chi connectivity index (χ1) is 8.27. The normalized spacial score (nSPS) is 10.7. The van der Waals surface area contributed by atoms with E-state index in [1.54, 1.807) is 4.68 Å². The lowest BCUT2D eigenvalue weighted by molar-refractivity contribution is 0.103. The topological polar surface area (TPSA) is 73.6 Å². The lowest BCUT2D eigenvalue weighted by Crippen LogP contribution is -2.11. The molecule has 2 aromatic heterocycles. The lowest BCUT2D eigenvalue weighted by Gasteiger charge is -2.02. The van der Waals surface area contributed by atoms with Gasteiger partial charge in [-0.25, -0.2) is 4.68 Å². The third-order valence-electron chi connectivity index (χ3n) is 2.38. The van der Waals surface area contributed by atoms with Gasteiger partial charge in [-0.05, 0) is 24.4 Å². The van der Waals surface area contributed by atoms with E-state index >= 15 is 0 Å². The predicted molar refractivity (Wildman–Crippen MR) is 63.0 cm³/mol. The van der Waals surface area contributed by atoms with Crippen molar-refractivity contribution in [3.63, 3.8) is 0 Å². The third-order valence-corrected chi connectivity index (χ3v) is 3.15. The number of carbonyl (C=O) groups is 1. The molecule has 0 saturated heterocycles. The maximum atomic E-state index is 12.3. The summed E-state index contributed by atoms with van der Waals surface area (Å²) in [7, 11) is 0. The predicted octanol–water partition coefficient (Wildman–Crippen LogP) is 1.33. The second-order valence-corrected chi connectivity index (χ2v) is 4.33. The van der Waals surface area contributed by atoms with Gasteiger partial charge in [0.1, 0.15) is 10.6 Å². The summed E-state index contributed by atoms with van der Waals surface area (Å²) in [4.78, 5) is 12.9. The fraction of sp³-hybridized carbons (Fsp3) is 0.500. The molecule has 17 heavy (non-hydrogen) atoms. The Morgan fingerprint density at radius 1 is 1.47 bits per heavy atom. The molecule has 0 radical (unpaired) electrons. The van der Waals surface area contributed by atoms with E-state index in [4.69, 9.17) is 0 Å². The molecule has 0 unspecified atom stereocenters. The highest BCUT2D eigenvalue weighted by Gasteiger charge is 2.20. The summed E-state index contributed by atoms with van der Waals surface area (Å²) in [6, 6.07) is 0. The lowest BCUT2D eigenvalue weighted by atomic mass is 10.2. The zero-order chi connectivity index (χ0) is 12.3. The van der Waals surface area contributed by atoms with Crippen molar-refractivity contribution in [1.82, 2.24) is 24.6 Å². The van der Waals surface area contributed by atoms with Gasteiger partial charge in [-0.1, -0.05) is 23.5 Å². The maximum Gasteiger partial charge on any atom is 0.226 e. The van der Waals surface area contributed by atoms with Crippen LogP contribution in [0.2, 0.25) is 0 Å². The summed E-state index contributed by atoms with van der Waals surface area (Å²) in [6.45, 7) is 4.67. The molecule has 0 bridgehead atoms. The summed E-state index contributed by atoms with van der Waals surface area (Å²) < 4.78 is 5.45. The van der Waals surface area contributed by atoms with Crippen molar-refractivity contribution in [2.75, 3.05) is 0 Å². The number of aromatic nitrogens is 5. The van der Waals surface area contributed by atoms with Crippen molar-refractivity contribution in [1.29, 1.82) is 0 Å². The Balaban J connectivity index is 2.34. The van der Waals surface area contributed by atoms with Gasteiger partial charge in [0.25, 0.3) is 0 Å². The van der Waals surface area contributed by atoms with E-state index < -0.39 is 0 Å². The van der Waals surface area contributed by atoms with Gasteiger partial charge >= 0.3 is 0 Å². The smallest absolute Gasteiger partial charge is 0.226 e. The largest absolute Gasteiger partial charge is 0.286 e. The molecule has 2 heterocycles. The molecule has 0 saturated carbocycles. The zero-order valence-electron chi connectivity index (χ0n) is 9.75. The van der Waals surface area contributed by atoms with Crippen molar-refractivity contribution in [2.24, 2.45) is 0 Å². The Kier molecular flexibility index (Phi) is 3.58. The molecule has 0 aliphatic heterocycles. The van der Waals surface area contributed by atoms with Crippen LogP contribution in [0.1, 0.15) is 41.3 Å². The Labute approximate surface area is 103 Å². The van der Waals surface area contributed by atoms with E-state index in [-0.39, 0.29) is 5.78 Å². The standard InChI is InChI=1S/C10H13N5OS/c1-3-5-15-8(6-11-13-15)9(16)10-7(4-2)12-14-17-10/h6H,3-5H2,1-2H3. The number of nitrogens with zero attached hydrogens (tertiary/aromatic N) is 5. The van der Waals surface area contributed by atoms with Gasteiger partial charge in [-0.3, -0.25) is 4.79 Å². The number of hydrogen-bond donors (Lipinski definition) is 0. The fourth-order valence-corrected chi connectivity index (χ4v) is 2.24. The first kappa shape index (κ1) is 11.8.